The molecule has 2 aromatic rings. The van der Waals surface area contributed by atoms with E-state index in [9.17, 15) is 23.2 Å². The van der Waals surface area contributed by atoms with E-state index >= 15 is 0 Å². The molecule has 0 spiro atoms. The van der Waals surface area contributed by atoms with Crippen LogP contribution in [0.2, 0.25) is 0 Å². The van der Waals surface area contributed by atoms with Crippen LogP contribution in [0.5, 0.6) is 11.5 Å². The van der Waals surface area contributed by atoms with Crippen LogP contribution in [-0.4, -0.2) is 30.3 Å². The lowest BCUT2D eigenvalue weighted by molar-refractivity contribution is -0.142. The number of rotatable bonds is 6. The van der Waals surface area contributed by atoms with Gasteiger partial charge in [0.1, 0.15) is 11.8 Å². The number of hydrogen-bond donors (Lipinski definition) is 2. The van der Waals surface area contributed by atoms with Gasteiger partial charge in [-0.25, -0.2) is 4.39 Å². The molecule has 2 amide bonds. The third-order valence-corrected chi connectivity index (χ3v) is 4.93. The standard InChI is InChI=1S/C20H16F2N2O5S/c1-28-19(26)13(23)8-10-2-5-12(6-3-10)29-14-7-4-11(16(21)17(14)22)9-15-18(25)24-20(27)30-15/h2-7,9,13H,8,23H2,1H3,(H,24,25,27). The Morgan fingerprint density at radius 1 is 1.17 bits per heavy atom. The van der Waals surface area contributed by atoms with E-state index in [0.717, 1.165) is 11.6 Å². The van der Waals surface area contributed by atoms with Gasteiger partial charge in [-0.2, -0.15) is 4.39 Å². The molecule has 1 aliphatic heterocycles. The topological polar surface area (TPSA) is 108 Å². The van der Waals surface area contributed by atoms with Crippen molar-refractivity contribution in [2.45, 2.75) is 12.5 Å². The van der Waals surface area contributed by atoms with E-state index < -0.39 is 34.8 Å². The molecule has 3 rings (SSSR count). The summed E-state index contributed by atoms with van der Waals surface area (Å²) >= 11 is 0.602. The number of amides is 2. The number of methoxy groups -OCH3 is 1. The molecule has 0 saturated carbocycles. The maximum Gasteiger partial charge on any atom is 0.322 e. The zero-order valence-electron chi connectivity index (χ0n) is 15.6. The van der Waals surface area contributed by atoms with E-state index in [1.165, 1.54) is 31.4 Å². The highest BCUT2D eigenvalue weighted by molar-refractivity contribution is 8.18. The van der Waals surface area contributed by atoms with Gasteiger partial charge in [0, 0.05) is 5.56 Å². The van der Waals surface area contributed by atoms with Gasteiger partial charge in [-0.1, -0.05) is 12.1 Å². The first-order chi connectivity index (χ1) is 14.3. The number of nitrogens with two attached hydrogens (primary N) is 1. The molecular weight excluding hydrogens is 418 g/mol. The third-order valence-electron chi connectivity index (χ3n) is 4.12. The molecule has 156 valence electrons. The average molecular weight is 434 g/mol. The molecule has 1 saturated heterocycles. The zero-order valence-corrected chi connectivity index (χ0v) is 16.4. The van der Waals surface area contributed by atoms with Crippen molar-refractivity contribution in [3.63, 3.8) is 0 Å². The maximum atomic E-state index is 14.4. The minimum absolute atomic E-state index is 0.0345. The summed E-state index contributed by atoms with van der Waals surface area (Å²) < 4.78 is 38.7. The summed E-state index contributed by atoms with van der Waals surface area (Å²) in [4.78, 5) is 34.1. The Hall–Kier alpha value is -3.24. The number of nitrogens with one attached hydrogen (secondary N) is 1. The van der Waals surface area contributed by atoms with E-state index in [2.05, 4.69) is 4.74 Å². The van der Waals surface area contributed by atoms with E-state index in [1.807, 2.05) is 5.32 Å². The van der Waals surface area contributed by atoms with E-state index in [0.29, 0.717) is 11.8 Å². The van der Waals surface area contributed by atoms with Crippen LogP contribution < -0.4 is 15.8 Å². The average Bonchev–Trinajstić information content (AvgIpc) is 3.05. The second-order valence-electron chi connectivity index (χ2n) is 6.21. The monoisotopic (exact) mass is 434 g/mol. The largest absolute Gasteiger partial charge is 0.468 e. The number of carbonyl (C=O) groups is 3. The molecule has 0 aliphatic carbocycles. The summed E-state index contributed by atoms with van der Waals surface area (Å²) in [7, 11) is 1.25. The highest BCUT2D eigenvalue weighted by Crippen LogP contribution is 2.31. The lowest BCUT2D eigenvalue weighted by atomic mass is 10.1. The molecule has 0 bridgehead atoms. The lowest BCUT2D eigenvalue weighted by Crippen LogP contribution is -2.33. The summed E-state index contributed by atoms with van der Waals surface area (Å²) in [6.07, 6.45) is 1.33. The van der Waals surface area contributed by atoms with Crippen molar-refractivity contribution in [1.82, 2.24) is 5.32 Å². The van der Waals surface area contributed by atoms with Crippen molar-refractivity contribution < 1.29 is 32.6 Å². The molecule has 30 heavy (non-hydrogen) atoms. The van der Waals surface area contributed by atoms with Gasteiger partial charge >= 0.3 is 5.97 Å². The Kier molecular flexibility index (Phi) is 6.48. The fourth-order valence-corrected chi connectivity index (χ4v) is 3.28. The SMILES string of the molecule is COC(=O)C(N)Cc1ccc(Oc2ccc(C=C3SC(=O)NC3=O)c(F)c2F)cc1. The summed E-state index contributed by atoms with van der Waals surface area (Å²) in [6, 6.07) is 7.96. The van der Waals surface area contributed by atoms with Crippen LogP contribution in [-0.2, 0) is 20.7 Å². The molecule has 3 N–H and O–H groups in total. The molecule has 1 heterocycles. The van der Waals surface area contributed by atoms with Crippen LogP contribution in [0.15, 0.2) is 41.3 Å². The Bertz CT molecular complexity index is 1040. The number of thioether (sulfide) groups is 1. The second-order valence-corrected chi connectivity index (χ2v) is 7.23. The molecule has 2 aromatic carbocycles. The molecule has 0 aromatic heterocycles. The highest BCUT2D eigenvalue weighted by atomic mass is 32.2. The number of imide groups is 1. The Morgan fingerprint density at radius 3 is 2.47 bits per heavy atom. The van der Waals surface area contributed by atoms with Gasteiger partial charge in [0.25, 0.3) is 11.1 Å². The van der Waals surface area contributed by atoms with Gasteiger partial charge in [0.15, 0.2) is 11.6 Å². The molecule has 1 atom stereocenters. The third kappa shape index (κ3) is 4.84. The van der Waals surface area contributed by atoms with Gasteiger partial charge < -0.3 is 15.2 Å². The minimum atomic E-state index is -1.24. The summed E-state index contributed by atoms with van der Waals surface area (Å²) in [6.45, 7) is 0. The van der Waals surface area contributed by atoms with Crippen molar-refractivity contribution in [3.8, 4) is 11.5 Å². The van der Waals surface area contributed by atoms with Crippen LogP contribution in [0.1, 0.15) is 11.1 Å². The van der Waals surface area contributed by atoms with Crippen molar-refractivity contribution >= 4 is 35.0 Å². The first kappa shape index (κ1) is 21.5. The number of ether oxygens (including phenoxy) is 2. The lowest BCUT2D eigenvalue weighted by Gasteiger charge is -2.11. The normalized spacial score (nSPS) is 15.8. The fourth-order valence-electron chi connectivity index (χ4n) is 2.61. The number of carbonyl (C=O) groups excluding carboxylic acids is 3. The van der Waals surface area contributed by atoms with Gasteiger partial charge in [0.05, 0.1) is 12.0 Å². The molecule has 1 fully saturated rings. The number of esters is 1. The highest BCUT2D eigenvalue weighted by Gasteiger charge is 2.26. The van der Waals surface area contributed by atoms with E-state index in [1.54, 1.807) is 12.1 Å². The number of benzene rings is 2. The van der Waals surface area contributed by atoms with Crippen molar-refractivity contribution in [3.05, 3.63) is 64.1 Å². The van der Waals surface area contributed by atoms with Crippen molar-refractivity contribution in [2.24, 2.45) is 5.73 Å². The predicted molar refractivity (Wildman–Crippen MR) is 106 cm³/mol. The summed E-state index contributed by atoms with van der Waals surface area (Å²) in [5, 5.41) is 1.45. The molecular formula is C20H16F2N2O5S. The van der Waals surface area contributed by atoms with Crippen LogP contribution >= 0.6 is 11.8 Å². The van der Waals surface area contributed by atoms with Crippen LogP contribution in [0.25, 0.3) is 6.08 Å². The number of hydrogen-bond acceptors (Lipinski definition) is 7. The van der Waals surface area contributed by atoms with Gasteiger partial charge in [0.2, 0.25) is 5.82 Å². The second kappa shape index (κ2) is 9.06. The molecule has 10 heteroatoms. The maximum absolute atomic E-state index is 14.4. The Morgan fingerprint density at radius 2 is 1.87 bits per heavy atom. The predicted octanol–water partition coefficient (Wildman–Crippen LogP) is 3.12. The molecule has 1 unspecified atom stereocenters. The summed E-state index contributed by atoms with van der Waals surface area (Å²) in [5.41, 5.74) is 6.24. The smallest absolute Gasteiger partial charge is 0.322 e. The summed E-state index contributed by atoms with van der Waals surface area (Å²) in [5.74, 6) is -3.78. The quantitative estimate of drug-likeness (QED) is 0.531. The Labute approximate surface area is 174 Å². The Balaban J connectivity index is 1.74. The molecule has 1 aliphatic rings. The van der Waals surface area contributed by atoms with Crippen LogP contribution in [0.3, 0.4) is 0 Å². The van der Waals surface area contributed by atoms with Gasteiger partial charge in [-0.15, -0.1) is 0 Å². The van der Waals surface area contributed by atoms with E-state index in [-0.39, 0.29) is 28.4 Å². The van der Waals surface area contributed by atoms with Crippen molar-refractivity contribution in [2.75, 3.05) is 7.11 Å². The fraction of sp³-hybridized carbons (Fsp3) is 0.150. The minimum Gasteiger partial charge on any atom is -0.468 e. The number of halogens is 2. The first-order valence-electron chi connectivity index (χ1n) is 8.61. The van der Waals surface area contributed by atoms with E-state index in [4.69, 9.17) is 10.5 Å². The van der Waals surface area contributed by atoms with Crippen LogP contribution in [0.4, 0.5) is 13.6 Å². The van der Waals surface area contributed by atoms with Crippen molar-refractivity contribution in [1.29, 1.82) is 0 Å². The zero-order chi connectivity index (χ0) is 21.8. The van der Waals surface area contributed by atoms with Gasteiger partial charge in [-0.05, 0) is 54.1 Å². The molecule has 7 nitrogen and oxygen atoms in total. The van der Waals surface area contributed by atoms with Gasteiger partial charge in [-0.3, -0.25) is 19.7 Å². The first-order valence-corrected chi connectivity index (χ1v) is 9.43. The van der Waals surface area contributed by atoms with Crippen LogP contribution in [0, 0.1) is 11.6 Å². The molecule has 0 radical (unpaired) electrons.